The Balaban J connectivity index is 1.67. The highest BCUT2D eigenvalue weighted by Crippen LogP contribution is 2.15. The van der Waals surface area contributed by atoms with Crippen LogP contribution in [0.4, 0.5) is 0 Å². The Morgan fingerprint density at radius 1 is 1.33 bits per heavy atom. The summed E-state index contributed by atoms with van der Waals surface area (Å²) in [4.78, 5) is 2.38. The molecule has 4 nitrogen and oxygen atoms in total. The van der Waals surface area contributed by atoms with Gasteiger partial charge in [-0.3, -0.25) is 4.90 Å². The van der Waals surface area contributed by atoms with E-state index in [0.717, 1.165) is 50.0 Å². The van der Waals surface area contributed by atoms with Crippen LogP contribution in [-0.4, -0.2) is 49.4 Å². The topological polar surface area (TPSA) is 36.5 Å². The molecule has 1 aromatic rings. The first-order valence-electron chi connectivity index (χ1n) is 7.25. The van der Waals surface area contributed by atoms with Gasteiger partial charge in [-0.05, 0) is 36.8 Å². The van der Waals surface area contributed by atoms with E-state index in [1.165, 1.54) is 0 Å². The maximum Gasteiger partial charge on any atom is 0.166 e. The molecule has 0 radical (unpaired) electrons. The molecule has 1 saturated heterocycles. The maximum atomic E-state index is 5.89. The van der Waals surface area contributed by atoms with Crippen LogP contribution in [-0.2, 0) is 4.74 Å². The lowest BCUT2D eigenvalue weighted by Crippen LogP contribution is -2.44. The second kappa shape index (κ2) is 8.54. The first-order chi connectivity index (χ1) is 10.1. The van der Waals surface area contributed by atoms with Crippen molar-refractivity contribution in [2.75, 3.05) is 39.4 Å². The quantitative estimate of drug-likeness (QED) is 0.811. The van der Waals surface area contributed by atoms with Gasteiger partial charge in [0.25, 0.3) is 0 Å². The summed E-state index contributed by atoms with van der Waals surface area (Å²) in [5.74, 6) is 0. The molecule has 1 aliphatic heterocycles. The third kappa shape index (κ3) is 5.79. The van der Waals surface area contributed by atoms with Gasteiger partial charge in [0.15, 0.2) is 5.11 Å². The summed E-state index contributed by atoms with van der Waals surface area (Å²) in [5.41, 5.74) is 1.16. The van der Waals surface area contributed by atoms with Gasteiger partial charge in [-0.25, -0.2) is 0 Å². The number of nitrogens with zero attached hydrogens (tertiary/aromatic N) is 1. The molecule has 6 heteroatoms. The SMILES string of the molecule is C[C@@H](NC(=S)NCCN1CCOCC1)c1ccc(Cl)cc1. The molecule has 116 valence electrons. The van der Waals surface area contributed by atoms with Crippen molar-refractivity contribution < 1.29 is 4.74 Å². The Morgan fingerprint density at radius 2 is 2.00 bits per heavy atom. The molecule has 0 spiro atoms. The van der Waals surface area contributed by atoms with Gasteiger partial charge in [-0.2, -0.15) is 0 Å². The molecule has 0 unspecified atom stereocenters. The van der Waals surface area contributed by atoms with Crippen molar-refractivity contribution in [3.8, 4) is 0 Å². The zero-order valence-electron chi connectivity index (χ0n) is 12.3. The van der Waals surface area contributed by atoms with E-state index in [-0.39, 0.29) is 6.04 Å². The van der Waals surface area contributed by atoms with E-state index in [9.17, 15) is 0 Å². The van der Waals surface area contributed by atoms with E-state index in [0.29, 0.717) is 5.11 Å². The van der Waals surface area contributed by atoms with Crippen LogP contribution in [0.15, 0.2) is 24.3 Å². The van der Waals surface area contributed by atoms with Crippen LogP contribution >= 0.6 is 23.8 Å². The molecule has 1 aliphatic rings. The van der Waals surface area contributed by atoms with Crippen LogP contribution in [0, 0.1) is 0 Å². The number of hydrogen-bond donors (Lipinski definition) is 2. The lowest BCUT2D eigenvalue weighted by molar-refractivity contribution is 0.0389. The molecule has 21 heavy (non-hydrogen) atoms. The Labute approximate surface area is 136 Å². The van der Waals surface area contributed by atoms with Crippen LogP contribution in [0.1, 0.15) is 18.5 Å². The van der Waals surface area contributed by atoms with Crippen LogP contribution < -0.4 is 10.6 Å². The van der Waals surface area contributed by atoms with Crippen LogP contribution in [0.2, 0.25) is 5.02 Å². The molecule has 0 saturated carbocycles. The van der Waals surface area contributed by atoms with E-state index >= 15 is 0 Å². The number of hydrogen-bond acceptors (Lipinski definition) is 3. The number of ether oxygens (including phenoxy) is 1. The van der Waals surface area contributed by atoms with Crippen molar-refractivity contribution in [1.82, 2.24) is 15.5 Å². The minimum absolute atomic E-state index is 0.158. The second-order valence-electron chi connectivity index (χ2n) is 5.13. The number of thiocarbonyl (C=S) groups is 1. The Hall–Kier alpha value is -0.880. The van der Waals surface area contributed by atoms with Gasteiger partial charge in [0.2, 0.25) is 0 Å². The van der Waals surface area contributed by atoms with Crippen molar-refractivity contribution in [3.05, 3.63) is 34.9 Å². The monoisotopic (exact) mass is 327 g/mol. The molecular weight excluding hydrogens is 306 g/mol. The number of nitrogens with one attached hydrogen (secondary N) is 2. The predicted molar refractivity (Wildman–Crippen MR) is 90.9 cm³/mol. The summed E-state index contributed by atoms with van der Waals surface area (Å²) in [7, 11) is 0. The van der Waals surface area contributed by atoms with E-state index < -0.39 is 0 Å². The number of morpholine rings is 1. The van der Waals surface area contributed by atoms with E-state index in [1.807, 2.05) is 24.3 Å². The first-order valence-corrected chi connectivity index (χ1v) is 8.03. The summed E-state index contributed by atoms with van der Waals surface area (Å²) < 4.78 is 5.33. The number of benzene rings is 1. The Bertz CT molecular complexity index is 449. The fraction of sp³-hybridized carbons (Fsp3) is 0.533. The van der Waals surface area contributed by atoms with Crippen molar-refractivity contribution >= 4 is 28.9 Å². The zero-order valence-corrected chi connectivity index (χ0v) is 13.8. The second-order valence-corrected chi connectivity index (χ2v) is 5.97. The summed E-state index contributed by atoms with van der Waals surface area (Å²) in [6.07, 6.45) is 0. The van der Waals surface area contributed by atoms with Crippen LogP contribution in [0.25, 0.3) is 0 Å². The molecule has 1 fully saturated rings. The molecule has 0 aliphatic carbocycles. The third-order valence-electron chi connectivity index (χ3n) is 3.53. The minimum Gasteiger partial charge on any atom is -0.379 e. The summed E-state index contributed by atoms with van der Waals surface area (Å²) >= 11 is 11.2. The number of halogens is 1. The molecule has 0 aromatic heterocycles. The van der Waals surface area contributed by atoms with Crippen molar-refractivity contribution in [3.63, 3.8) is 0 Å². The molecule has 1 aromatic carbocycles. The first kappa shape index (κ1) is 16.5. The molecule has 0 bridgehead atoms. The Kier molecular flexibility index (Phi) is 6.70. The molecule has 2 N–H and O–H groups in total. The van der Waals surface area contributed by atoms with E-state index in [2.05, 4.69) is 22.5 Å². The summed E-state index contributed by atoms with van der Waals surface area (Å²) in [6, 6.07) is 7.96. The molecule has 0 amide bonds. The maximum absolute atomic E-state index is 5.89. The lowest BCUT2D eigenvalue weighted by Gasteiger charge is -2.27. The van der Waals surface area contributed by atoms with Gasteiger partial charge in [0.1, 0.15) is 0 Å². The predicted octanol–water partition coefficient (Wildman–Crippen LogP) is 2.20. The highest BCUT2D eigenvalue weighted by Gasteiger charge is 2.10. The van der Waals surface area contributed by atoms with Crippen molar-refractivity contribution in [1.29, 1.82) is 0 Å². The van der Waals surface area contributed by atoms with Gasteiger partial charge in [0.05, 0.1) is 19.3 Å². The van der Waals surface area contributed by atoms with Gasteiger partial charge in [-0.15, -0.1) is 0 Å². The third-order valence-corrected chi connectivity index (χ3v) is 4.05. The molecular formula is C15H22ClN3OS. The normalized spacial score (nSPS) is 17.2. The molecule has 2 rings (SSSR count). The van der Waals surface area contributed by atoms with Crippen LogP contribution in [0.5, 0.6) is 0 Å². The lowest BCUT2D eigenvalue weighted by atomic mass is 10.1. The van der Waals surface area contributed by atoms with E-state index in [1.54, 1.807) is 0 Å². The summed E-state index contributed by atoms with van der Waals surface area (Å²) in [6.45, 7) is 7.58. The smallest absolute Gasteiger partial charge is 0.166 e. The van der Waals surface area contributed by atoms with Crippen molar-refractivity contribution in [2.45, 2.75) is 13.0 Å². The van der Waals surface area contributed by atoms with Gasteiger partial charge in [-0.1, -0.05) is 23.7 Å². The fourth-order valence-electron chi connectivity index (χ4n) is 2.23. The van der Waals surface area contributed by atoms with Gasteiger partial charge < -0.3 is 15.4 Å². The number of rotatable bonds is 5. The summed E-state index contributed by atoms with van der Waals surface area (Å²) in [5, 5.41) is 7.97. The standard InChI is InChI=1S/C15H22ClN3OS/c1-12(13-2-4-14(16)5-3-13)18-15(21)17-6-7-19-8-10-20-11-9-19/h2-5,12H,6-11H2,1H3,(H2,17,18,21)/t12-/m1/s1. The van der Waals surface area contributed by atoms with Crippen molar-refractivity contribution in [2.24, 2.45) is 0 Å². The highest BCUT2D eigenvalue weighted by molar-refractivity contribution is 7.80. The van der Waals surface area contributed by atoms with Gasteiger partial charge in [0, 0.05) is 31.2 Å². The zero-order chi connectivity index (χ0) is 15.1. The largest absolute Gasteiger partial charge is 0.379 e. The Morgan fingerprint density at radius 3 is 2.67 bits per heavy atom. The van der Waals surface area contributed by atoms with Gasteiger partial charge >= 0.3 is 0 Å². The fourth-order valence-corrected chi connectivity index (χ4v) is 2.64. The average molecular weight is 328 g/mol. The highest BCUT2D eigenvalue weighted by atomic mass is 35.5. The van der Waals surface area contributed by atoms with Crippen LogP contribution in [0.3, 0.4) is 0 Å². The van der Waals surface area contributed by atoms with E-state index in [4.69, 9.17) is 28.6 Å². The molecule has 1 atom stereocenters. The minimum atomic E-state index is 0.158. The average Bonchev–Trinajstić information content (AvgIpc) is 2.49. The molecule has 1 heterocycles.